The average Bonchev–Trinajstić information content (AvgIpc) is 3.27. The number of nitrogens with one attached hydrogen (secondary N) is 2. The Balaban J connectivity index is 1.46. The van der Waals surface area contributed by atoms with E-state index in [0.29, 0.717) is 35.9 Å². The van der Waals surface area contributed by atoms with Gasteiger partial charge in [-0.15, -0.1) is 5.10 Å². The van der Waals surface area contributed by atoms with Crippen LogP contribution in [0.4, 0.5) is 15.8 Å². The lowest BCUT2D eigenvalue weighted by Crippen LogP contribution is -2.49. The van der Waals surface area contributed by atoms with Gasteiger partial charge < -0.3 is 19.9 Å². The largest absolute Gasteiger partial charge is 0.489 e. The molecular weight excluding hydrogens is 427 g/mol. The zero-order chi connectivity index (χ0) is 23.4. The number of likely N-dealkylation sites (N-methyl/N-ethyl adjacent to an activating group) is 1. The van der Waals surface area contributed by atoms with Crippen LogP contribution < -0.4 is 19.9 Å². The molecule has 1 aliphatic rings. The highest BCUT2D eigenvalue weighted by Crippen LogP contribution is 2.34. The SMILES string of the molecule is CCN(CF)c1ccc2c(c1)N(C)C(=O)[C@@H](NC(=O)c1n[nH]c(Cc3ccccc3)n1)CO2. The van der Waals surface area contributed by atoms with Crippen molar-refractivity contribution in [3.05, 3.63) is 65.7 Å². The molecule has 0 radical (unpaired) electrons. The Morgan fingerprint density at radius 1 is 1.30 bits per heavy atom. The van der Waals surface area contributed by atoms with E-state index in [2.05, 4.69) is 20.5 Å². The van der Waals surface area contributed by atoms with E-state index in [1.165, 1.54) is 9.80 Å². The second-order valence-corrected chi connectivity index (χ2v) is 7.63. The second-order valence-electron chi connectivity index (χ2n) is 7.63. The van der Waals surface area contributed by atoms with Crippen molar-refractivity contribution < 1.29 is 18.7 Å². The van der Waals surface area contributed by atoms with E-state index in [1.54, 1.807) is 25.2 Å². The van der Waals surface area contributed by atoms with E-state index in [0.717, 1.165) is 5.56 Å². The van der Waals surface area contributed by atoms with E-state index in [1.807, 2.05) is 37.3 Å². The van der Waals surface area contributed by atoms with Crippen molar-refractivity contribution in [2.24, 2.45) is 0 Å². The number of fused-ring (bicyclic) bond motifs is 1. The number of hydrogen-bond donors (Lipinski definition) is 2. The molecule has 0 fully saturated rings. The van der Waals surface area contributed by atoms with Gasteiger partial charge in [0.2, 0.25) is 5.82 Å². The van der Waals surface area contributed by atoms with Crippen molar-refractivity contribution >= 4 is 23.2 Å². The van der Waals surface area contributed by atoms with Crippen LogP contribution in [0.15, 0.2) is 48.5 Å². The first kappa shape index (κ1) is 22.3. The Morgan fingerprint density at radius 3 is 2.82 bits per heavy atom. The molecule has 2 N–H and O–H groups in total. The Hall–Kier alpha value is -3.95. The first-order chi connectivity index (χ1) is 16.0. The van der Waals surface area contributed by atoms with Crippen LogP contribution in [-0.2, 0) is 11.2 Å². The Morgan fingerprint density at radius 2 is 2.09 bits per heavy atom. The molecule has 1 aromatic heterocycles. The van der Waals surface area contributed by atoms with E-state index >= 15 is 0 Å². The smallest absolute Gasteiger partial charge is 0.291 e. The van der Waals surface area contributed by atoms with Gasteiger partial charge in [-0.2, -0.15) is 0 Å². The lowest BCUT2D eigenvalue weighted by molar-refractivity contribution is -0.120. The minimum Gasteiger partial charge on any atom is -0.489 e. The van der Waals surface area contributed by atoms with Gasteiger partial charge in [-0.05, 0) is 30.7 Å². The van der Waals surface area contributed by atoms with Crippen LogP contribution in [0.2, 0.25) is 0 Å². The summed E-state index contributed by atoms with van der Waals surface area (Å²) in [6.45, 7) is 1.63. The lowest BCUT2D eigenvalue weighted by atomic mass is 10.1. The molecule has 0 spiro atoms. The van der Waals surface area contributed by atoms with Crippen LogP contribution in [0.3, 0.4) is 0 Å². The summed E-state index contributed by atoms with van der Waals surface area (Å²) in [5.74, 6) is 0.0242. The van der Waals surface area contributed by atoms with Crippen molar-refractivity contribution in [1.29, 1.82) is 0 Å². The summed E-state index contributed by atoms with van der Waals surface area (Å²) in [6, 6.07) is 13.9. The summed E-state index contributed by atoms with van der Waals surface area (Å²) < 4.78 is 19.1. The lowest BCUT2D eigenvalue weighted by Gasteiger charge is -2.23. The summed E-state index contributed by atoms with van der Waals surface area (Å²) in [6.07, 6.45) is 0.501. The summed E-state index contributed by atoms with van der Waals surface area (Å²) in [5, 5.41) is 9.40. The zero-order valence-electron chi connectivity index (χ0n) is 18.4. The number of carbonyl (C=O) groups excluding carboxylic acids is 2. The molecule has 2 aromatic carbocycles. The maximum atomic E-state index is 13.3. The second kappa shape index (κ2) is 9.68. The van der Waals surface area contributed by atoms with Crippen molar-refractivity contribution in [2.75, 3.05) is 36.8 Å². The quantitative estimate of drug-likeness (QED) is 0.533. The van der Waals surface area contributed by atoms with Crippen molar-refractivity contribution in [1.82, 2.24) is 20.5 Å². The van der Waals surface area contributed by atoms with E-state index in [4.69, 9.17) is 4.74 Å². The summed E-state index contributed by atoms with van der Waals surface area (Å²) in [4.78, 5) is 32.9. The highest BCUT2D eigenvalue weighted by molar-refractivity contribution is 6.02. The number of H-pyrrole nitrogens is 1. The van der Waals surface area contributed by atoms with Gasteiger partial charge in [-0.3, -0.25) is 14.7 Å². The number of rotatable bonds is 7. The van der Waals surface area contributed by atoms with E-state index < -0.39 is 18.7 Å². The molecule has 33 heavy (non-hydrogen) atoms. The van der Waals surface area contributed by atoms with Crippen LogP contribution in [0.5, 0.6) is 5.75 Å². The van der Waals surface area contributed by atoms with E-state index in [9.17, 15) is 14.0 Å². The van der Waals surface area contributed by atoms with Crippen LogP contribution in [0.1, 0.15) is 28.9 Å². The van der Waals surface area contributed by atoms with Crippen LogP contribution in [0, 0.1) is 0 Å². The third kappa shape index (κ3) is 4.79. The summed E-state index contributed by atoms with van der Waals surface area (Å²) >= 11 is 0. The Kier molecular flexibility index (Phi) is 6.53. The molecule has 172 valence electrons. The van der Waals surface area contributed by atoms with Gasteiger partial charge in [0.25, 0.3) is 11.8 Å². The Labute approximate surface area is 190 Å². The van der Waals surface area contributed by atoms with Crippen LogP contribution >= 0.6 is 0 Å². The molecule has 0 bridgehead atoms. The third-order valence-corrected chi connectivity index (χ3v) is 5.48. The number of carbonyl (C=O) groups is 2. The minimum absolute atomic E-state index is 0.0524. The highest BCUT2D eigenvalue weighted by Gasteiger charge is 2.32. The van der Waals surface area contributed by atoms with Crippen molar-refractivity contribution in [2.45, 2.75) is 19.4 Å². The van der Waals surface area contributed by atoms with Gasteiger partial charge in [0.1, 0.15) is 24.2 Å². The fraction of sp³-hybridized carbons (Fsp3) is 0.304. The van der Waals surface area contributed by atoms with Gasteiger partial charge in [0.05, 0.1) is 5.69 Å². The summed E-state index contributed by atoms with van der Waals surface area (Å²) in [7, 11) is 1.59. The fourth-order valence-corrected chi connectivity index (χ4v) is 3.61. The number of alkyl halides is 1. The molecular formula is C23H25FN6O3. The molecule has 4 rings (SSSR count). The van der Waals surface area contributed by atoms with E-state index in [-0.39, 0.29) is 18.3 Å². The number of amides is 2. The number of aromatic amines is 1. The number of nitrogens with zero attached hydrogens (tertiary/aromatic N) is 4. The molecule has 0 saturated heterocycles. The number of anilines is 2. The van der Waals surface area contributed by atoms with Gasteiger partial charge in [0.15, 0.2) is 6.80 Å². The van der Waals surface area contributed by atoms with Crippen LogP contribution in [0.25, 0.3) is 0 Å². The third-order valence-electron chi connectivity index (χ3n) is 5.48. The highest BCUT2D eigenvalue weighted by atomic mass is 19.1. The first-order valence-electron chi connectivity index (χ1n) is 10.6. The molecule has 9 nitrogen and oxygen atoms in total. The number of halogens is 1. The zero-order valence-corrected chi connectivity index (χ0v) is 18.4. The summed E-state index contributed by atoms with van der Waals surface area (Å²) in [5.41, 5.74) is 2.17. The topological polar surface area (TPSA) is 103 Å². The maximum Gasteiger partial charge on any atom is 0.291 e. The monoisotopic (exact) mass is 452 g/mol. The fourth-order valence-electron chi connectivity index (χ4n) is 3.61. The molecule has 2 heterocycles. The van der Waals surface area contributed by atoms with Crippen molar-refractivity contribution in [3.8, 4) is 5.75 Å². The van der Waals surface area contributed by atoms with Gasteiger partial charge in [-0.25, -0.2) is 9.37 Å². The number of hydrogen-bond acceptors (Lipinski definition) is 6. The molecule has 0 aliphatic carbocycles. The average molecular weight is 452 g/mol. The standard InChI is InChI=1S/C23H25FN6O3/c1-3-30(14-24)16-9-10-19-18(12-16)29(2)23(32)17(13-33-19)25-22(31)21-26-20(27-28-21)11-15-7-5-4-6-8-15/h4-10,12,17H,3,11,13-14H2,1-2H3,(H,25,31)(H,26,27,28)/t17-/m0/s1. The number of aromatic nitrogens is 3. The number of ether oxygens (including phenoxy) is 1. The molecule has 0 unspecified atom stereocenters. The molecule has 3 aromatic rings. The molecule has 10 heteroatoms. The van der Waals surface area contributed by atoms with Crippen molar-refractivity contribution in [3.63, 3.8) is 0 Å². The van der Waals surface area contributed by atoms with Gasteiger partial charge in [-0.1, -0.05) is 30.3 Å². The normalized spacial score (nSPS) is 15.4. The molecule has 1 aliphatic heterocycles. The molecule has 1 atom stereocenters. The first-order valence-corrected chi connectivity index (χ1v) is 10.6. The van der Waals surface area contributed by atoms with Crippen LogP contribution in [-0.4, -0.2) is 60.0 Å². The minimum atomic E-state index is -0.933. The maximum absolute atomic E-state index is 13.3. The predicted molar refractivity (Wildman–Crippen MR) is 121 cm³/mol. The number of benzene rings is 2. The Bertz CT molecular complexity index is 1130. The molecule has 2 amide bonds. The molecule has 0 saturated carbocycles. The van der Waals surface area contributed by atoms with Gasteiger partial charge in [0, 0.05) is 25.7 Å². The van der Waals surface area contributed by atoms with Gasteiger partial charge >= 0.3 is 0 Å². The predicted octanol–water partition coefficient (Wildman–Crippen LogP) is 2.30.